The number of anilines is 2. The molecular weight excluding hydrogens is 304 g/mol. The van der Waals surface area contributed by atoms with Crippen LogP contribution >= 0.6 is 0 Å². The summed E-state index contributed by atoms with van der Waals surface area (Å²) in [6.07, 6.45) is 0. The molecule has 2 aliphatic heterocycles. The molecular formula is C23H30N2. The fraction of sp³-hybridized carbons (Fsp3) is 0.478. The Balaban J connectivity index is 1.74. The third-order valence-corrected chi connectivity index (χ3v) is 5.64. The molecule has 0 N–H and O–H groups in total. The molecule has 0 saturated carbocycles. The van der Waals surface area contributed by atoms with Gasteiger partial charge in [0.2, 0.25) is 0 Å². The standard InChI is InChI=1S/C23H30N2/c1-22(2,3)18-7-9-20-16(11-18)13-24-15-25(20)14-17-12-19(23(4,5)6)8-10-21(17)24/h7-12H,13-15H2,1-6H3. The lowest BCUT2D eigenvalue weighted by molar-refractivity contribution is 0.582. The van der Waals surface area contributed by atoms with Crippen molar-refractivity contribution in [2.45, 2.75) is 65.5 Å². The van der Waals surface area contributed by atoms with Crippen molar-refractivity contribution >= 4 is 11.4 Å². The molecule has 0 aliphatic carbocycles. The van der Waals surface area contributed by atoms with E-state index in [4.69, 9.17) is 0 Å². The molecule has 2 bridgehead atoms. The predicted octanol–water partition coefficient (Wildman–Crippen LogP) is 5.58. The van der Waals surface area contributed by atoms with E-state index in [0.717, 1.165) is 19.8 Å². The number of fused-ring (bicyclic) bond motifs is 6. The summed E-state index contributed by atoms with van der Waals surface area (Å²) in [5, 5.41) is 0. The van der Waals surface area contributed by atoms with E-state index in [-0.39, 0.29) is 10.8 Å². The van der Waals surface area contributed by atoms with Crippen molar-refractivity contribution in [2.24, 2.45) is 0 Å². The highest BCUT2D eigenvalue weighted by molar-refractivity contribution is 5.68. The number of benzene rings is 2. The first-order valence-corrected chi connectivity index (χ1v) is 9.40. The summed E-state index contributed by atoms with van der Waals surface area (Å²) < 4.78 is 0. The highest BCUT2D eigenvalue weighted by Gasteiger charge is 2.31. The summed E-state index contributed by atoms with van der Waals surface area (Å²) in [7, 11) is 0. The maximum absolute atomic E-state index is 2.53. The van der Waals surface area contributed by atoms with Gasteiger partial charge in [0.1, 0.15) is 0 Å². The third-order valence-electron chi connectivity index (χ3n) is 5.64. The predicted molar refractivity (Wildman–Crippen MR) is 108 cm³/mol. The highest BCUT2D eigenvalue weighted by atomic mass is 15.4. The molecule has 0 fully saturated rings. The Morgan fingerprint density at radius 2 is 1.04 bits per heavy atom. The van der Waals surface area contributed by atoms with Crippen molar-refractivity contribution in [3.63, 3.8) is 0 Å². The van der Waals surface area contributed by atoms with Gasteiger partial charge in [-0.1, -0.05) is 65.8 Å². The van der Waals surface area contributed by atoms with Crippen LogP contribution in [0.15, 0.2) is 36.4 Å². The van der Waals surface area contributed by atoms with Gasteiger partial charge in [-0.2, -0.15) is 0 Å². The number of hydrogen-bond donors (Lipinski definition) is 0. The van der Waals surface area contributed by atoms with Gasteiger partial charge >= 0.3 is 0 Å². The molecule has 0 amide bonds. The van der Waals surface area contributed by atoms with Crippen LogP contribution in [0.25, 0.3) is 0 Å². The Kier molecular flexibility index (Phi) is 3.48. The summed E-state index contributed by atoms with van der Waals surface area (Å²) in [4.78, 5) is 5.06. The van der Waals surface area contributed by atoms with Gasteiger partial charge in [0.15, 0.2) is 0 Å². The van der Waals surface area contributed by atoms with Crippen LogP contribution in [0.2, 0.25) is 0 Å². The van der Waals surface area contributed by atoms with Gasteiger partial charge in [0.25, 0.3) is 0 Å². The fourth-order valence-corrected chi connectivity index (χ4v) is 4.01. The SMILES string of the molecule is CC(C)(C)c1ccc2c(c1)CN1CN2Cc2cc(C(C)(C)C)ccc21. The Hall–Kier alpha value is -1.96. The molecule has 25 heavy (non-hydrogen) atoms. The number of nitrogens with zero attached hydrogens (tertiary/aromatic N) is 2. The average molecular weight is 335 g/mol. The molecule has 0 unspecified atom stereocenters. The molecule has 2 aliphatic rings. The Bertz CT molecular complexity index is 751. The van der Waals surface area contributed by atoms with Crippen molar-refractivity contribution < 1.29 is 0 Å². The largest absolute Gasteiger partial charge is 0.349 e. The molecule has 2 aromatic carbocycles. The van der Waals surface area contributed by atoms with E-state index in [2.05, 4.69) is 87.7 Å². The summed E-state index contributed by atoms with van der Waals surface area (Å²) in [6.45, 7) is 16.8. The molecule has 2 heteroatoms. The van der Waals surface area contributed by atoms with Crippen LogP contribution in [0, 0.1) is 0 Å². The van der Waals surface area contributed by atoms with E-state index >= 15 is 0 Å². The first kappa shape index (κ1) is 16.5. The Labute approximate surface area is 152 Å². The average Bonchev–Trinajstić information content (AvgIpc) is 2.52. The number of hydrogen-bond acceptors (Lipinski definition) is 2. The van der Waals surface area contributed by atoms with E-state index in [1.165, 1.54) is 33.6 Å². The van der Waals surface area contributed by atoms with Gasteiger partial charge in [0.05, 0.1) is 6.67 Å². The van der Waals surface area contributed by atoms with Crippen LogP contribution in [-0.2, 0) is 23.9 Å². The quantitative estimate of drug-likeness (QED) is 0.620. The second-order valence-electron chi connectivity index (χ2n) is 9.72. The smallest absolute Gasteiger partial charge is 0.0910 e. The molecule has 0 spiro atoms. The minimum atomic E-state index is 0.200. The topological polar surface area (TPSA) is 6.48 Å². The van der Waals surface area contributed by atoms with E-state index in [1.807, 2.05) is 0 Å². The van der Waals surface area contributed by atoms with Gasteiger partial charge in [-0.05, 0) is 45.2 Å². The zero-order chi connectivity index (χ0) is 18.0. The van der Waals surface area contributed by atoms with E-state index in [0.29, 0.717) is 0 Å². The van der Waals surface area contributed by atoms with E-state index in [9.17, 15) is 0 Å². The lowest BCUT2D eigenvalue weighted by Crippen LogP contribution is -2.46. The van der Waals surface area contributed by atoms with Gasteiger partial charge in [-0.15, -0.1) is 0 Å². The van der Waals surface area contributed by atoms with Crippen molar-refractivity contribution in [1.29, 1.82) is 0 Å². The highest BCUT2D eigenvalue weighted by Crippen LogP contribution is 2.40. The van der Waals surface area contributed by atoms with Crippen molar-refractivity contribution in [3.05, 3.63) is 58.7 Å². The fourth-order valence-electron chi connectivity index (χ4n) is 4.01. The van der Waals surface area contributed by atoms with Gasteiger partial charge in [-0.3, -0.25) is 0 Å². The summed E-state index contributed by atoms with van der Waals surface area (Å²) in [6, 6.07) is 14.1. The molecule has 0 saturated heterocycles. The van der Waals surface area contributed by atoms with Gasteiger partial charge in [-0.25, -0.2) is 0 Å². The van der Waals surface area contributed by atoms with Crippen LogP contribution in [0.1, 0.15) is 63.8 Å². The molecule has 132 valence electrons. The normalized spacial score (nSPS) is 16.6. The van der Waals surface area contributed by atoms with Crippen LogP contribution in [-0.4, -0.2) is 6.67 Å². The summed E-state index contributed by atoms with van der Waals surface area (Å²) in [5.41, 5.74) is 9.01. The van der Waals surface area contributed by atoms with Crippen LogP contribution in [0.4, 0.5) is 11.4 Å². The van der Waals surface area contributed by atoms with E-state index in [1.54, 1.807) is 0 Å². The molecule has 2 heterocycles. The van der Waals surface area contributed by atoms with Crippen molar-refractivity contribution in [1.82, 2.24) is 0 Å². The Morgan fingerprint density at radius 1 is 0.640 bits per heavy atom. The maximum atomic E-state index is 2.53. The minimum Gasteiger partial charge on any atom is -0.349 e. The molecule has 0 radical (unpaired) electrons. The zero-order valence-corrected chi connectivity index (χ0v) is 16.5. The van der Waals surface area contributed by atoms with Gasteiger partial charge < -0.3 is 9.80 Å². The third kappa shape index (κ3) is 2.82. The minimum absolute atomic E-state index is 0.200. The van der Waals surface area contributed by atoms with E-state index < -0.39 is 0 Å². The Morgan fingerprint density at radius 3 is 1.40 bits per heavy atom. The molecule has 0 aromatic heterocycles. The number of rotatable bonds is 0. The second-order valence-corrected chi connectivity index (χ2v) is 9.72. The second kappa shape index (κ2) is 5.27. The van der Waals surface area contributed by atoms with Crippen LogP contribution < -0.4 is 9.80 Å². The first-order valence-electron chi connectivity index (χ1n) is 9.40. The summed E-state index contributed by atoms with van der Waals surface area (Å²) >= 11 is 0. The molecule has 2 aromatic rings. The van der Waals surface area contributed by atoms with Crippen LogP contribution in [0.3, 0.4) is 0 Å². The molecule has 0 atom stereocenters. The lowest BCUT2D eigenvalue weighted by atomic mass is 9.84. The lowest BCUT2D eigenvalue weighted by Gasteiger charge is -2.45. The van der Waals surface area contributed by atoms with Gasteiger partial charge in [0, 0.05) is 24.5 Å². The monoisotopic (exact) mass is 334 g/mol. The molecule has 4 rings (SSSR count). The summed E-state index contributed by atoms with van der Waals surface area (Å²) in [5.74, 6) is 0. The zero-order valence-electron chi connectivity index (χ0n) is 16.5. The maximum Gasteiger partial charge on any atom is 0.0910 e. The molecule has 2 nitrogen and oxygen atoms in total. The van der Waals surface area contributed by atoms with Crippen molar-refractivity contribution in [3.8, 4) is 0 Å². The van der Waals surface area contributed by atoms with Crippen LogP contribution in [0.5, 0.6) is 0 Å². The first-order chi connectivity index (χ1) is 11.6. The van der Waals surface area contributed by atoms with Crippen molar-refractivity contribution in [2.75, 3.05) is 16.5 Å².